The van der Waals surface area contributed by atoms with Crippen LogP contribution in [-0.4, -0.2) is 10.2 Å². The van der Waals surface area contributed by atoms with Crippen LogP contribution in [-0.2, 0) is 12.7 Å². The Labute approximate surface area is 99.6 Å². The molecule has 2 rings (SSSR count). The number of nitrogens with zero attached hydrogens (tertiary/aromatic N) is 1. The zero-order valence-corrected chi connectivity index (χ0v) is 9.05. The first-order chi connectivity index (χ1) is 8.40. The number of rotatable bonds is 2. The van der Waals surface area contributed by atoms with Crippen LogP contribution in [0.2, 0.25) is 0 Å². The Bertz CT molecular complexity index is 560. The quantitative estimate of drug-likeness (QED) is 0.815. The fourth-order valence-corrected chi connectivity index (χ4v) is 1.52. The Hall–Kier alpha value is -1.89. The minimum absolute atomic E-state index is 0.0540. The average molecular weight is 259 g/mol. The lowest BCUT2D eigenvalue weighted by molar-refractivity contribution is -0.137. The monoisotopic (exact) mass is 259 g/mol. The zero-order chi connectivity index (χ0) is 13.3. The molecule has 1 aromatic carbocycles. The third-order valence-corrected chi connectivity index (χ3v) is 2.37. The number of halogens is 4. The van der Waals surface area contributed by atoms with E-state index < -0.39 is 17.6 Å². The molecule has 0 amide bonds. The van der Waals surface area contributed by atoms with E-state index in [0.717, 1.165) is 12.1 Å². The van der Waals surface area contributed by atoms with E-state index in [1.54, 1.807) is 0 Å². The Balaban J connectivity index is 2.48. The van der Waals surface area contributed by atoms with Crippen molar-refractivity contribution in [1.29, 1.82) is 0 Å². The lowest BCUT2D eigenvalue weighted by atomic mass is 10.1. The second-order valence-electron chi connectivity index (χ2n) is 3.71. The minimum atomic E-state index is -4.59. The van der Waals surface area contributed by atoms with Crippen LogP contribution in [0.1, 0.15) is 11.3 Å². The maximum absolute atomic E-state index is 13.2. The molecule has 1 aromatic heterocycles. The van der Waals surface area contributed by atoms with Crippen molar-refractivity contribution in [1.82, 2.24) is 10.2 Å². The number of aromatic amines is 1. The van der Waals surface area contributed by atoms with E-state index in [1.807, 2.05) is 0 Å². The summed E-state index contributed by atoms with van der Waals surface area (Å²) >= 11 is 0. The second-order valence-corrected chi connectivity index (χ2v) is 3.71. The van der Waals surface area contributed by atoms with Crippen LogP contribution in [0.4, 0.5) is 17.6 Å². The molecule has 3 N–H and O–H groups in total. The van der Waals surface area contributed by atoms with Crippen LogP contribution in [0.15, 0.2) is 24.3 Å². The van der Waals surface area contributed by atoms with Gasteiger partial charge in [0.2, 0.25) is 0 Å². The van der Waals surface area contributed by atoms with E-state index in [4.69, 9.17) is 5.73 Å². The fraction of sp³-hybridized carbons (Fsp3) is 0.182. The Morgan fingerprint density at radius 3 is 2.44 bits per heavy atom. The Morgan fingerprint density at radius 2 is 1.89 bits per heavy atom. The van der Waals surface area contributed by atoms with Gasteiger partial charge in [-0.1, -0.05) is 0 Å². The van der Waals surface area contributed by atoms with Gasteiger partial charge in [0, 0.05) is 17.8 Å². The summed E-state index contributed by atoms with van der Waals surface area (Å²) in [6.45, 7) is 0.175. The van der Waals surface area contributed by atoms with E-state index in [0.29, 0.717) is 11.8 Å². The average Bonchev–Trinajstić information content (AvgIpc) is 2.75. The highest BCUT2D eigenvalue weighted by atomic mass is 19.4. The zero-order valence-electron chi connectivity index (χ0n) is 9.05. The van der Waals surface area contributed by atoms with Gasteiger partial charge in [0.05, 0.1) is 11.3 Å². The molecule has 96 valence electrons. The molecule has 0 atom stereocenters. The third kappa shape index (κ3) is 2.51. The number of alkyl halides is 3. The molecule has 0 aliphatic rings. The van der Waals surface area contributed by atoms with Gasteiger partial charge in [-0.25, -0.2) is 4.39 Å². The van der Waals surface area contributed by atoms with Crippen molar-refractivity contribution in [2.75, 3.05) is 0 Å². The highest BCUT2D eigenvalue weighted by Crippen LogP contribution is 2.32. The van der Waals surface area contributed by atoms with Crippen LogP contribution < -0.4 is 5.73 Å². The summed E-state index contributed by atoms with van der Waals surface area (Å²) in [6, 6.07) is 3.76. The lowest BCUT2D eigenvalue weighted by Gasteiger charge is -2.08. The van der Waals surface area contributed by atoms with E-state index in [-0.39, 0.29) is 17.8 Å². The second kappa shape index (κ2) is 4.41. The van der Waals surface area contributed by atoms with Crippen LogP contribution in [0.25, 0.3) is 11.3 Å². The van der Waals surface area contributed by atoms with E-state index in [9.17, 15) is 17.6 Å². The van der Waals surface area contributed by atoms with Gasteiger partial charge in [0.1, 0.15) is 5.82 Å². The summed E-state index contributed by atoms with van der Waals surface area (Å²) in [5.41, 5.74) is 5.13. The SMILES string of the molecule is NCc1cc(-c2cc(F)cc(C(F)(F)F)c2)n[nH]1. The maximum Gasteiger partial charge on any atom is 0.416 e. The molecule has 0 saturated carbocycles. The topological polar surface area (TPSA) is 54.7 Å². The van der Waals surface area contributed by atoms with Crippen molar-refractivity contribution in [2.24, 2.45) is 5.73 Å². The first-order valence-corrected chi connectivity index (χ1v) is 5.02. The smallest absolute Gasteiger partial charge is 0.325 e. The van der Waals surface area contributed by atoms with Crippen LogP contribution in [0, 0.1) is 5.82 Å². The standard InChI is InChI=1S/C11H9F4N3/c12-8-2-6(1-7(3-8)11(13,14)15)10-4-9(5-16)17-18-10/h1-4H,5,16H2,(H,17,18). The van der Waals surface area contributed by atoms with Gasteiger partial charge in [0.15, 0.2) is 0 Å². The van der Waals surface area contributed by atoms with E-state index >= 15 is 0 Å². The number of H-pyrrole nitrogens is 1. The first kappa shape index (κ1) is 12.6. The molecule has 0 unspecified atom stereocenters. The number of nitrogens with two attached hydrogens (primary N) is 1. The molecule has 7 heteroatoms. The number of nitrogens with one attached hydrogen (secondary N) is 1. The number of hydrogen-bond donors (Lipinski definition) is 2. The predicted octanol–water partition coefficient (Wildman–Crippen LogP) is 2.69. The van der Waals surface area contributed by atoms with Gasteiger partial charge in [-0.15, -0.1) is 0 Å². The van der Waals surface area contributed by atoms with Crippen molar-refractivity contribution in [2.45, 2.75) is 12.7 Å². The molecular formula is C11H9F4N3. The highest BCUT2D eigenvalue weighted by molar-refractivity contribution is 5.60. The van der Waals surface area contributed by atoms with Crippen molar-refractivity contribution in [3.05, 3.63) is 41.3 Å². The highest BCUT2D eigenvalue weighted by Gasteiger charge is 2.31. The minimum Gasteiger partial charge on any atom is -0.325 e. The van der Waals surface area contributed by atoms with Crippen molar-refractivity contribution < 1.29 is 17.6 Å². The summed E-state index contributed by atoms with van der Waals surface area (Å²) in [5, 5.41) is 6.34. The summed E-state index contributed by atoms with van der Waals surface area (Å²) in [5.74, 6) is -0.961. The molecule has 1 heterocycles. The predicted molar refractivity (Wildman–Crippen MR) is 56.9 cm³/mol. The van der Waals surface area contributed by atoms with Gasteiger partial charge in [-0.3, -0.25) is 5.10 Å². The molecule has 3 nitrogen and oxygen atoms in total. The maximum atomic E-state index is 13.2. The molecule has 0 spiro atoms. The Morgan fingerprint density at radius 1 is 1.17 bits per heavy atom. The number of aromatic nitrogens is 2. The Kier molecular flexibility index (Phi) is 3.08. The van der Waals surface area contributed by atoms with Crippen LogP contribution in [0.5, 0.6) is 0 Å². The normalized spacial score (nSPS) is 11.8. The number of hydrogen-bond acceptors (Lipinski definition) is 2. The van der Waals surface area contributed by atoms with Gasteiger partial charge in [-0.2, -0.15) is 18.3 Å². The molecule has 0 aliphatic carbocycles. The fourth-order valence-electron chi connectivity index (χ4n) is 1.52. The van der Waals surface area contributed by atoms with Gasteiger partial charge in [0.25, 0.3) is 0 Å². The molecule has 0 bridgehead atoms. The first-order valence-electron chi connectivity index (χ1n) is 5.02. The summed E-state index contributed by atoms with van der Waals surface area (Å²) in [4.78, 5) is 0. The largest absolute Gasteiger partial charge is 0.416 e. The lowest BCUT2D eigenvalue weighted by Crippen LogP contribution is -2.05. The van der Waals surface area contributed by atoms with Gasteiger partial charge < -0.3 is 5.73 Å². The van der Waals surface area contributed by atoms with Gasteiger partial charge >= 0.3 is 6.18 Å². The molecule has 0 fully saturated rings. The van der Waals surface area contributed by atoms with E-state index in [1.165, 1.54) is 6.07 Å². The van der Waals surface area contributed by atoms with Crippen molar-refractivity contribution in [3.8, 4) is 11.3 Å². The van der Waals surface area contributed by atoms with E-state index in [2.05, 4.69) is 10.2 Å². The van der Waals surface area contributed by atoms with Crippen LogP contribution >= 0.6 is 0 Å². The summed E-state index contributed by atoms with van der Waals surface area (Å²) < 4.78 is 50.7. The summed E-state index contributed by atoms with van der Waals surface area (Å²) in [6.07, 6.45) is -4.59. The molecule has 0 aliphatic heterocycles. The molecule has 0 saturated heterocycles. The molecule has 18 heavy (non-hydrogen) atoms. The summed E-state index contributed by atoms with van der Waals surface area (Å²) in [7, 11) is 0. The molecule has 2 aromatic rings. The van der Waals surface area contributed by atoms with Gasteiger partial charge in [-0.05, 0) is 24.3 Å². The third-order valence-electron chi connectivity index (χ3n) is 2.37. The van der Waals surface area contributed by atoms with Crippen LogP contribution in [0.3, 0.4) is 0 Å². The molecular weight excluding hydrogens is 250 g/mol. The van der Waals surface area contributed by atoms with Crippen molar-refractivity contribution >= 4 is 0 Å². The number of benzene rings is 1. The van der Waals surface area contributed by atoms with Crippen molar-refractivity contribution in [3.63, 3.8) is 0 Å². The molecule has 0 radical (unpaired) electrons.